The number of carbonyl (C=O) groups is 2. The second kappa shape index (κ2) is 8.38. The van der Waals surface area contributed by atoms with Crippen LogP contribution in [0.5, 0.6) is 0 Å². The van der Waals surface area contributed by atoms with Crippen LogP contribution < -0.4 is 21.3 Å². The van der Waals surface area contributed by atoms with E-state index < -0.39 is 18.0 Å². The number of amides is 3. The molecular weight excluding hydrogens is 328 g/mol. The molecule has 2 aromatic carbocycles. The molecule has 6 nitrogen and oxygen atoms in total. The van der Waals surface area contributed by atoms with Crippen LogP contribution in [0.15, 0.2) is 54.6 Å². The number of rotatable bonds is 5. The van der Waals surface area contributed by atoms with Crippen LogP contribution >= 0.6 is 0 Å². The lowest BCUT2D eigenvalue weighted by Gasteiger charge is -2.29. The van der Waals surface area contributed by atoms with Crippen molar-refractivity contribution in [3.63, 3.8) is 0 Å². The lowest BCUT2D eigenvalue weighted by Crippen LogP contribution is -2.40. The molecule has 1 saturated heterocycles. The second-order valence-electron chi connectivity index (χ2n) is 6.44. The topological polar surface area (TPSA) is 87.5 Å². The Morgan fingerprint density at radius 3 is 2.19 bits per heavy atom. The van der Waals surface area contributed by atoms with Crippen LogP contribution in [0, 0.1) is 0 Å². The highest BCUT2D eigenvalue weighted by atomic mass is 16.2. The summed E-state index contributed by atoms with van der Waals surface area (Å²) in [6.45, 7) is 2.17. The van der Waals surface area contributed by atoms with E-state index in [9.17, 15) is 9.59 Å². The first-order valence-electron chi connectivity index (χ1n) is 8.90. The summed E-state index contributed by atoms with van der Waals surface area (Å²) in [5.41, 5.74) is 7.85. The zero-order chi connectivity index (χ0) is 18.4. The van der Waals surface area contributed by atoms with Crippen molar-refractivity contribution in [1.29, 1.82) is 0 Å². The molecule has 3 rings (SSSR count). The Bertz CT molecular complexity index is 740. The average molecular weight is 352 g/mol. The first kappa shape index (κ1) is 17.8. The third kappa shape index (κ3) is 4.53. The van der Waals surface area contributed by atoms with Crippen molar-refractivity contribution in [3.8, 4) is 0 Å². The summed E-state index contributed by atoms with van der Waals surface area (Å²) in [7, 11) is 0. The molecule has 1 fully saturated rings. The number of primary amides is 1. The van der Waals surface area contributed by atoms with Crippen LogP contribution in [0.1, 0.15) is 30.9 Å². The zero-order valence-corrected chi connectivity index (χ0v) is 14.7. The van der Waals surface area contributed by atoms with Crippen molar-refractivity contribution >= 4 is 23.3 Å². The zero-order valence-electron chi connectivity index (χ0n) is 14.7. The number of hydrogen-bond acceptors (Lipinski definition) is 4. The van der Waals surface area contributed by atoms with E-state index in [-0.39, 0.29) is 0 Å². The Hall–Kier alpha value is -3.02. The Morgan fingerprint density at radius 1 is 0.923 bits per heavy atom. The van der Waals surface area contributed by atoms with Crippen molar-refractivity contribution < 1.29 is 9.59 Å². The minimum atomic E-state index is -0.863. The van der Waals surface area contributed by atoms with Crippen LogP contribution in [0.25, 0.3) is 0 Å². The Balaban J connectivity index is 1.75. The molecule has 2 aromatic rings. The molecule has 0 unspecified atom stereocenters. The molecule has 0 aromatic heterocycles. The van der Waals surface area contributed by atoms with Crippen molar-refractivity contribution in [3.05, 3.63) is 60.2 Å². The lowest BCUT2D eigenvalue weighted by atomic mass is 10.1. The number of hydrogen-bond donors (Lipinski definition) is 3. The molecule has 1 aliphatic heterocycles. The Kier molecular flexibility index (Phi) is 5.73. The molecule has 0 spiro atoms. The highest BCUT2D eigenvalue weighted by Crippen LogP contribution is 2.24. The van der Waals surface area contributed by atoms with Gasteiger partial charge < -0.3 is 16.0 Å². The van der Waals surface area contributed by atoms with Gasteiger partial charge in [0.1, 0.15) is 6.04 Å². The molecule has 136 valence electrons. The van der Waals surface area contributed by atoms with Crippen LogP contribution in [-0.2, 0) is 4.79 Å². The standard InChI is InChI=1S/C20H24N4O2/c21-20(26)23-19(25)18(15-7-3-1-4-8-15)22-16-9-11-17(12-10-16)24-13-5-2-6-14-24/h1,3-4,7-12,18,22H,2,5-6,13-14H2,(H3,21,23,25,26)/t18-/m1/s1. The van der Waals surface area contributed by atoms with Gasteiger partial charge in [0, 0.05) is 24.5 Å². The van der Waals surface area contributed by atoms with Crippen LogP contribution in [0.2, 0.25) is 0 Å². The Morgan fingerprint density at radius 2 is 1.58 bits per heavy atom. The highest BCUT2D eigenvalue weighted by molar-refractivity contribution is 5.98. The van der Waals surface area contributed by atoms with Crippen LogP contribution in [0.3, 0.4) is 0 Å². The monoisotopic (exact) mass is 352 g/mol. The van der Waals surface area contributed by atoms with E-state index in [2.05, 4.69) is 27.7 Å². The van der Waals surface area contributed by atoms with Gasteiger partial charge in [0.05, 0.1) is 0 Å². The van der Waals surface area contributed by atoms with Gasteiger partial charge in [-0.05, 0) is 49.1 Å². The van der Waals surface area contributed by atoms with Gasteiger partial charge in [0.2, 0.25) is 0 Å². The number of benzene rings is 2. The smallest absolute Gasteiger partial charge is 0.318 e. The third-order valence-electron chi connectivity index (χ3n) is 4.54. The summed E-state index contributed by atoms with van der Waals surface area (Å²) < 4.78 is 0. The first-order valence-corrected chi connectivity index (χ1v) is 8.90. The molecular formula is C20H24N4O2. The SMILES string of the molecule is NC(=O)NC(=O)[C@H](Nc1ccc(N2CCCCC2)cc1)c1ccccc1. The van der Waals surface area contributed by atoms with Gasteiger partial charge in [-0.2, -0.15) is 0 Å². The fourth-order valence-electron chi connectivity index (χ4n) is 3.23. The fourth-order valence-corrected chi connectivity index (χ4v) is 3.23. The number of carbonyl (C=O) groups excluding carboxylic acids is 2. The summed E-state index contributed by atoms with van der Waals surface area (Å²) >= 11 is 0. The largest absolute Gasteiger partial charge is 0.372 e. The van der Waals surface area contributed by atoms with E-state index >= 15 is 0 Å². The second-order valence-corrected chi connectivity index (χ2v) is 6.44. The molecule has 0 radical (unpaired) electrons. The molecule has 1 aliphatic rings. The summed E-state index contributed by atoms with van der Waals surface area (Å²) in [5, 5.41) is 5.35. The molecule has 0 bridgehead atoms. The number of imide groups is 1. The van der Waals surface area contributed by atoms with Gasteiger partial charge in [-0.25, -0.2) is 4.79 Å². The number of nitrogens with two attached hydrogens (primary N) is 1. The van der Waals surface area contributed by atoms with Gasteiger partial charge in [-0.3, -0.25) is 10.1 Å². The maximum Gasteiger partial charge on any atom is 0.318 e. The normalized spacial score (nSPS) is 15.2. The third-order valence-corrected chi connectivity index (χ3v) is 4.54. The summed E-state index contributed by atoms with van der Waals surface area (Å²) in [6.07, 6.45) is 3.75. The van der Waals surface area contributed by atoms with Crippen LogP contribution in [-0.4, -0.2) is 25.0 Å². The van der Waals surface area contributed by atoms with Gasteiger partial charge in [-0.1, -0.05) is 30.3 Å². The van der Waals surface area contributed by atoms with Gasteiger partial charge in [-0.15, -0.1) is 0 Å². The molecule has 6 heteroatoms. The summed E-state index contributed by atoms with van der Waals surface area (Å²) in [4.78, 5) is 25.8. The molecule has 26 heavy (non-hydrogen) atoms. The molecule has 1 heterocycles. The van der Waals surface area contributed by atoms with E-state index in [1.54, 1.807) is 0 Å². The van der Waals surface area contributed by atoms with E-state index in [1.165, 1.54) is 24.9 Å². The molecule has 1 atom stereocenters. The fraction of sp³-hybridized carbons (Fsp3) is 0.300. The Labute approximate surface area is 153 Å². The lowest BCUT2D eigenvalue weighted by molar-refractivity contribution is -0.120. The summed E-state index contributed by atoms with van der Waals surface area (Å²) in [5.74, 6) is -0.483. The number of nitrogens with one attached hydrogen (secondary N) is 2. The number of nitrogens with zero attached hydrogens (tertiary/aromatic N) is 1. The van der Waals surface area contributed by atoms with Gasteiger partial charge in [0.15, 0.2) is 0 Å². The maximum absolute atomic E-state index is 12.4. The van der Waals surface area contributed by atoms with Gasteiger partial charge in [0.25, 0.3) is 5.91 Å². The molecule has 0 saturated carbocycles. The number of piperidine rings is 1. The summed E-state index contributed by atoms with van der Waals surface area (Å²) in [6, 6.07) is 15.7. The van der Waals surface area contributed by atoms with Gasteiger partial charge >= 0.3 is 6.03 Å². The maximum atomic E-state index is 12.4. The van der Waals surface area contributed by atoms with E-state index in [0.717, 1.165) is 24.3 Å². The average Bonchev–Trinajstić information content (AvgIpc) is 2.67. The molecule has 3 amide bonds. The highest BCUT2D eigenvalue weighted by Gasteiger charge is 2.21. The minimum absolute atomic E-state index is 0.483. The van der Waals surface area contributed by atoms with Crippen molar-refractivity contribution in [2.45, 2.75) is 25.3 Å². The predicted octanol–water partition coefficient (Wildman–Crippen LogP) is 3.03. The van der Waals surface area contributed by atoms with Crippen molar-refractivity contribution in [2.24, 2.45) is 5.73 Å². The quantitative estimate of drug-likeness (QED) is 0.772. The predicted molar refractivity (Wildman–Crippen MR) is 103 cm³/mol. The first-order chi connectivity index (χ1) is 12.6. The van der Waals surface area contributed by atoms with E-state index in [0.29, 0.717) is 0 Å². The van der Waals surface area contributed by atoms with Crippen molar-refractivity contribution in [2.75, 3.05) is 23.3 Å². The number of urea groups is 1. The minimum Gasteiger partial charge on any atom is -0.372 e. The van der Waals surface area contributed by atoms with E-state index in [1.807, 2.05) is 42.5 Å². The van der Waals surface area contributed by atoms with Crippen LogP contribution in [0.4, 0.5) is 16.2 Å². The van der Waals surface area contributed by atoms with Crippen molar-refractivity contribution in [1.82, 2.24) is 5.32 Å². The number of anilines is 2. The molecule has 4 N–H and O–H groups in total. The van der Waals surface area contributed by atoms with E-state index in [4.69, 9.17) is 5.73 Å². The molecule has 0 aliphatic carbocycles.